The third-order valence-electron chi connectivity index (χ3n) is 2.27. The van der Waals surface area contributed by atoms with Crippen molar-refractivity contribution in [3.8, 4) is 5.75 Å². The van der Waals surface area contributed by atoms with Crippen molar-refractivity contribution < 1.29 is 9.53 Å². The molecule has 0 amide bonds. The Kier molecular flexibility index (Phi) is 4.20. The second-order valence-electron chi connectivity index (χ2n) is 3.62. The Labute approximate surface area is 110 Å². The van der Waals surface area contributed by atoms with Gasteiger partial charge in [-0.2, -0.15) is 0 Å². The largest absolute Gasteiger partial charge is 0.425 e. The molecule has 0 aliphatic rings. The lowest BCUT2D eigenvalue weighted by Gasteiger charge is -2.08. The number of carbonyl (C=O) groups excluding carboxylic acids is 1. The maximum atomic E-state index is 11.6. The molecule has 2 aromatic carbocycles. The van der Waals surface area contributed by atoms with Crippen molar-refractivity contribution in [3.05, 3.63) is 59.6 Å². The summed E-state index contributed by atoms with van der Waals surface area (Å²) < 4.78 is 5.13. The molecule has 0 fully saturated rings. The summed E-state index contributed by atoms with van der Waals surface area (Å²) in [6.45, 7) is 0.0681. The predicted molar refractivity (Wildman–Crippen MR) is 72.0 cm³/mol. The molecule has 0 radical (unpaired) electrons. The summed E-state index contributed by atoms with van der Waals surface area (Å²) in [5.74, 6) is 0.171. The molecule has 3 nitrogen and oxygen atoms in total. The first-order valence-corrected chi connectivity index (χ1v) is 5.87. The van der Waals surface area contributed by atoms with Gasteiger partial charge in [0.05, 0.1) is 10.7 Å². The normalized spacial score (nSPS) is 9.83. The zero-order valence-electron chi connectivity index (χ0n) is 9.60. The van der Waals surface area contributed by atoms with Crippen LogP contribution < -0.4 is 10.1 Å². The third kappa shape index (κ3) is 3.50. The SMILES string of the molecule is O=C(CNc1ccccc1Cl)Oc1ccccc1. The fourth-order valence-electron chi connectivity index (χ4n) is 1.43. The first-order chi connectivity index (χ1) is 8.75. The van der Waals surface area contributed by atoms with Crippen molar-refractivity contribution in [2.75, 3.05) is 11.9 Å². The van der Waals surface area contributed by atoms with Crippen molar-refractivity contribution in [2.24, 2.45) is 0 Å². The molecular formula is C14H12ClNO2. The molecule has 2 rings (SSSR count). The first-order valence-electron chi connectivity index (χ1n) is 5.50. The van der Waals surface area contributed by atoms with Gasteiger partial charge in [-0.05, 0) is 24.3 Å². The van der Waals surface area contributed by atoms with Gasteiger partial charge in [0.1, 0.15) is 12.3 Å². The van der Waals surface area contributed by atoms with Gasteiger partial charge in [0.2, 0.25) is 0 Å². The number of benzene rings is 2. The number of halogens is 1. The molecule has 0 heterocycles. The number of para-hydroxylation sites is 2. The molecule has 0 atom stereocenters. The zero-order chi connectivity index (χ0) is 12.8. The van der Waals surface area contributed by atoms with E-state index in [1.807, 2.05) is 30.3 Å². The molecular weight excluding hydrogens is 250 g/mol. The average Bonchev–Trinajstić information content (AvgIpc) is 2.39. The molecule has 0 unspecified atom stereocenters. The van der Waals surface area contributed by atoms with Crippen LogP contribution in [0.2, 0.25) is 5.02 Å². The fraction of sp³-hybridized carbons (Fsp3) is 0.0714. The summed E-state index contributed by atoms with van der Waals surface area (Å²) in [6.07, 6.45) is 0. The molecule has 0 spiro atoms. The van der Waals surface area contributed by atoms with Crippen LogP contribution in [-0.4, -0.2) is 12.5 Å². The van der Waals surface area contributed by atoms with Crippen molar-refractivity contribution in [1.82, 2.24) is 0 Å². The summed E-state index contributed by atoms with van der Waals surface area (Å²) in [4.78, 5) is 11.6. The molecule has 92 valence electrons. The number of esters is 1. The van der Waals surface area contributed by atoms with E-state index >= 15 is 0 Å². The smallest absolute Gasteiger partial charge is 0.330 e. The third-order valence-corrected chi connectivity index (χ3v) is 2.60. The van der Waals surface area contributed by atoms with Crippen molar-refractivity contribution in [1.29, 1.82) is 0 Å². The predicted octanol–water partition coefficient (Wildman–Crippen LogP) is 3.36. The molecule has 0 saturated carbocycles. The monoisotopic (exact) mass is 261 g/mol. The molecule has 0 aliphatic heterocycles. The maximum Gasteiger partial charge on any atom is 0.330 e. The van der Waals surface area contributed by atoms with Crippen LogP contribution in [0.15, 0.2) is 54.6 Å². The van der Waals surface area contributed by atoms with E-state index in [-0.39, 0.29) is 12.5 Å². The van der Waals surface area contributed by atoms with Crippen LogP contribution in [0.1, 0.15) is 0 Å². The van der Waals surface area contributed by atoms with Gasteiger partial charge in [-0.25, -0.2) is 4.79 Å². The van der Waals surface area contributed by atoms with Gasteiger partial charge >= 0.3 is 5.97 Å². The second kappa shape index (κ2) is 6.07. The minimum atomic E-state index is -0.360. The van der Waals surface area contributed by atoms with E-state index in [9.17, 15) is 4.79 Å². The van der Waals surface area contributed by atoms with Crippen LogP contribution in [0.5, 0.6) is 5.75 Å². The van der Waals surface area contributed by atoms with Crippen LogP contribution >= 0.6 is 11.6 Å². The Morgan fingerprint density at radius 1 is 1.06 bits per heavy atom. The highest BCUT2D eigenvalue weighted by Crippen LogP contribution is 2.20. The van der Waals surface area contributed by atoms with Gasteiger partial charge in [-0.3, -0.25) is 0 Å². The topological polar surface area (TPSA) is 38.3 Å². The number of nitrogens with one attached hydrogen (secondary N) is 1. The van der Waals surface area contributed by atoms with E-state index in [0.29, 0.717) is 16.5 Å². The van der Waals surface area contributed by atoms with Crippen LogP contribution in [0, 0.1) is 0 Å². The number of hydrogen-bond acceptors (Lipinski definition) is 3. The highest BCUT2D eigenvalue weighted by molar-refractivity contribution is 6.33. The summed E-state index contributed by atoms with van der Waals surface area (Å²) in [5.41, 5.74) is 0.712. The minimum absolute atomic E-state index is 0.0681. The average molecular weight is 262 g/mol. The Bertz CT molecular complexity index is 528. The van der Waals surface area contributed by atoms with Gasteiger partial charge in [0.15, 0.2) is 0 Å². The highest BCUT2D eigenvalue weighted by Gasteiger charge is 2.05. The molecule has 0 aromatic heterocycles. The summed E-state index contributed by atoms with van der Waals surface area (Å²) in [7, 11) is 0. The van der Waals surface area contributed by atoms with E-state index in [0.717, 1.165) is 0 Å². The lowest BCUT2D eigenvalue weighted by atomic mass is 10.3. The number of ether oxygens (including phenoxy) is 1. The van der Waals surface area contributed by atoms with Crippen LogP contribution in [0.25, 0.3) is 0 Å². The van der Waals surface area contributed by atoms with Gasteiger partial charge in [0.25, 0.3) is 0 Å². The van der Waals surface area contributed by atoms with E-state index in [4.69, 9.17) is 16.3 Å². The molecule has 0 saturated heterocycles. The second-order valence-corrected chi connectivity index (χ2v) is 4.03. The molecule has 0 aliphatic carbocycles. The molecule has 0 bridgehead atoms. The Hall–Kier alpha value is -2.00. The van der Waals surface area contributed by atoms with E-state index in [1.54, 1.807) is 24.3 Å². The minimum Gasteiger partial charge on any atom is -0.425 e. The highest BCUT2D eigenvalue weighted by atomic mass is 35.5. The summed E-state index contributed by atoms with van der Waals surface area (Å²) in [6, 6.07) is 16.2. The van der Waals surface area contributed by atoms with Crippen molar-refractivity contribution in [2.45, 2.75) is 0 Å². The van der Waals surface area contributed by atoms with E-state index in [1.165, 1.54) is 0 Å². The molecule has 18 heavy (non-hydrogen) atoms. The Morgan fingerprint density at radius 3 is 2.44 bits per heavy atom. The number of hydrogen-bond donors (Lipinski definition) is 1. The lowest BCUT2D eigenvalue weighted by Crippen LogP contribution is -2.19. The van der Waals surface area contributed by atoms with Gasteiger partial charge in [-0.15, -0.1) is 0 Å². The van der Waals surface area contributed by atoms with Crippen LogP contribution in [-0.2, 0) is 4.79 Å². The van der Waals surface area contributed by atoms with Gasteiger partial charge in [0, 0.05) is 0 Å². The van der Waals surface area contributed by atoms with Gasteiger partial charge in [-0.1, -0.05) is 41.9 Å². The van der Waals surface area contributed by atoms with Gasteiger partial charge < -0.3 is 10.1 Å². The number of anilines is 1. The van der Waals surface area contributed by atoms with Crippen molar-refractivity contribution >= 4 is 23.3 Å². The number of rotatable bonds is 4. The first kappa shape index (κ1) is 12.5. The molecule has 2 aromatic rings. The maximum absolute atomic E-state index is 11.6. The quantitative estimate of drug-likeness (QED) is 0.677. The Balaban J connectivity index is 1.88. The standard InChI is InChI=1S/C14H12ClNO2/c15-12-8-4-5-9-13(12)16-10-14(17)18-11-6-2-1-3-7-11/h1-9,16H,10H2. The fourth-order valence-corrected chi connectivity index (χ4v) is 1.63. The van der Waals surface area contributed by atoms with E-state index in [2.05, 4.69) is 5.32 Å². The zero-order valence-corrected chi connectivity index (χ0v) is 10.4. The Morgan fingerprint density at radius 2 is 1.72 bits per heavy atom. The summed E-state index contributed by atoms with van der Waals surface area (Å²) >= 11 is 5.95. The number of carbonyl (C=O) groups is 1. The van der Waals surface area contributed by atoms with Crippen molar-refractivity contribution in [3.63, 3.8) is 0 Å². The van der Waals surface area contributed by atoms with E-state index < -0.39 is 0 Å². The van der Waals surface area contributed by atoms with Crippen LogP contribution in [0.4, 0.5) is 5.69 Å². The summed E-state index contributed by atoms with van der Waals surface area (Å²) in [5, 5.41) is 3.50. The molecule has 1 N–H and O–H groups in total. The molecule has 4 heteroatoms. The lowest BCUT2D eigenvalue weighted by molar-refractivity contribution is -0.132. The van der Waals surface area contributed by atoms with Crippen LogP contribution in [0.3, 0.4) is 0 Å².